The maximum absolute atomic E-state index is 13.2. The maximum atomic E-state index is 13.2. The molecule has 23 heavy (non-hydrogen) atoms. The van der Waals surface area contributed by atoms with Crippen LogP contribution < -0.4 is 9.80 Å². The van der Waals surface area contributed by atoms with E-state index in [0.29, 0.717) is 26.2 Å². The molecular weight excluding hydrogens is 329 g/mol. The van der Waals surface area contributed by atoms with E-state index in [4.69, 9.17) is 0 Å². The summed E-state index contributed by atoms with van der Waals surface area (Å²) in [5.74, 6) is -0.101. The lowest BCUT2D eigenvalue weighted by Gasteiger charge is -2.35. The minimum absolute atomic E-state index is 0.101. The first-order valence-corrected chi connectivity index (χ1v) is 7.88. The van der Waals surface area contributed by atoms with Gasteiger partial charge >= 0.3 is 6.18 Å². The zero-order valence-corrected chi connectivity index (χ0v) is 13.4. The molecule has 3 rings (SSSR count). The predicted molar refractivity (Wildman–Crippen MR) is 80.8 cm³/mol. The topological polar surface area (TPSA) is 58.0 Å². The molecule has 1 aliphatic rings. The monoisotopic (exact) mass is 344 g/mol. The lowest BCUT2D eigenvalue weighted by atomic mass is 10.2. The molecule has 0 saturated carbocycles. The molecule has 3 heterocycles. The van der Waals surface area contributed by atoms with Crippen molar-refractivity contribution >= 4 is 22.3 Å². The van der Waals surface area contributed by atoms with Crippen molar-refractivity contribution in [2.75, 3.05) is 36.0 Å². The second-order valence-electron chi connectivity index (χ2n) is 5.30. The summed E-state index contributed by atoms with van der Waals surface area (Å²) in [7, 11) is 0. The molecule has 0 unspecified atom stereocenters. The first kappa shape index (κ1) is 15.9. The minimum Gasteiger partial charge on any atom is -0.351 e. The van der Waals surface area contributed by atoms with Crippen molar-refractivity contribution in [3.63, 3.8) is 0 Å². The largest absolute Gasteiger partial charge is 0.420 e. The normalized spacial score (nSPS) is 16.0. The van der Waals surface area contributed by atoms with Crippen LogP contribution in [0.5, 0.6) is 0 Å². The Hall–Kier alpha value is -1.97. The van der Waals surface area contributed by atoms with Gasteiger partial charge in [0.15, 0.2) is 5.82 Å². The first-order chi connectivity index (χ1) is 10.8. The van der Waals surface area contributed by atoms with Crippen molar-refractivity contribution in [1.29, 1.82) is 0 Å². The molecule has 0 aromatic carbocycles. The van der Waals surface area contributed by atoms with Gasteiger partial charge in [0.2, 0.25) is 5.13 Å². The summed E-state index contributed by atoms with van der Waals surface area (Å²) in [5.41, 5.74) is -0.478. The number of hydrogen-bond donors (Lipinski definition) is 0. The molecule has 2 aromatic heterocycles. The van der Waals surface area contributed by atoms with Crippen LogP contribution in [0.25, 0.3) is 0 Å². The van der Waals surface area contributed by atoms with Gasteiger partial charge in [-0.15, -0.1) is 15.3 Å². The Labute approximate surface area is 135 Å². The van der Waals surface area contributed by atoms with E-state index in [1.165, 1.54) is 18.3 Å². The molecule has 6 nitrogen and oxygen atoms in total. The van der Waals surface area contributed by atoms with Gasteiger partial charge in [0.1, 0.15) is 10.6 Å². The predicted octanol–water partition coefficient (Wildman–Crippen LogP) is 2.29. The second-order valence-corrected chi connectivity index (χ2v) is 6.46. The van der Waals surface area contributed by atoms with Crippen LogP contribution in [0.15, 0.2) is 6.07 Å². The van der Waals surface area contributed by atoms with Crippen LogP contribution in [0, 0.1) is 13.8 Å². The minimum atomic E-state index is -4.44. The molecule has 0 atom stereocenters. The number of halogens is 3. The summed E-state index contributed by atoms with van der Waals surface area (Å²) in [6, 6.07) is 1.04. The molecular formula is C13H15F3N6S. The van der Waals surface area contributed by atoms with E-state index in [-0.39, 0.29) is 11.5 Å². The van der Waals surface area contributed by atoms with Crippen LogP contribution >= 0.6 is 11.3 Å². The number of aryl methyl sites for hydroxylation is 2. The van der Waals surface area contributed by atoms with Crippen LogP contribution in [0.4, 0.5) is 24.1 Å². The summed E-state index contributed by atoms with van der Waals surface area (Å²) < 4.78 is 39.6. The third-order valence-electron chi connectivity index (χ3n) is 3.57. The van der Waals surface area contributed by atoms with Gasteiger partial charge in [-0.2, -0.15) is 18.3 Å². The Morgan fingerprint density at radius 1 is 0.957 bits per heavy atom. The number of piperazine rings is 1. The van der Waals surface area contributed by atoms with E-state index < -0.39 is 11.7 Å². The summed E-state index contributed by atoms with van der Waals surface area (Å²) in [6.07, 6.45) is -4.44. The maximum Gasteiger partial charge on any atom is 0.420 e. The Kier molecular flexibility index (Phi) is 4.09. The third kappa shape index (κ3) is 3.36. The van der Waals surface area contributed by atoms with Crippen molar-refractivity contribution in [2.24, 2.45) is 0 Å². The highest BCUT2D eigenvalue weighted by atomic mass is 32.1. The lowest BCUT2D eigenvalue weighted by Crippen LogP contribution is -2.47. The van der Waals surface area contributed by atoms with E-state index >= 15 is 0 Å². The van der Waals surface area contributed by atoms with Gasteiger partial charge in [-0.05, 0) is 19.9 Å². The number of alkyl halides is 3. The fourth-order valence-electron chi connectivity index (χ4n) is 2.45. The van der Waals surface area contributed by atoms with Gasteiger partial charge in [0.05, 0.1) is 5.69 Å². The van der Waals surface area contributed by atoms with Crippen molar-refractivity contribution in [3.8, 4) is 0 Å². The summed E-state index contributed by atoms with van der Waals surface area (Å²) in [4.78, 5) is 3.65. The van der Waals surface area contributed by atoms with E-state index in [9.17, 15) is 13.2 Å². The molecule has 0 bridgehead atoms. The molecule has 1 fully saturated rings. The van der Waals surface area contributed by atoms with Crippen LogP contribution in [-0.2, 0) is 6.18 Å². The Balaban J connectivity index is 1.78. The Morgan fingerprint density at radius 3 is 2.17 bits per heavy atom. The highest BCUT2D eigenvalue weighted by Gasteiger charge is 2.37. The average molecular weight is 344 g/mol. The van der Waals surface area contributed by atoms with Gasteiger partial charge in [-0.25, -0.2) is 0 Å². The number of hydrogen-bond acceptors (Lipinski definition) is 7. The quantitative estimate of drug-likeness (QED) is 0.833. The van der Waals surface area contributed by atoms with Crippen LogP contribution in [0.3, 0.4) is 0 Å². The molecule has 2 aromatic rings. The molecule has 0 N–H and O–H groups in total. The zero-order chi connectivity index (χ0) is 16.6. The number of anilines is 2. The molecule has 0 spiro atoms. The van der Waals surface area contributed by atoms with Crippen molar-refractivity contribution in [2.45, 2.75) is 20.0 Å². The molecule has 0 aliphatic carbocycles. The van der Waals surface area contributed by atoms with E-state index in [0.717, 1.165) is 16.2 Å². The van der Waals surface area contributed by atoms with Gasteiger partial charge in [0, 0.05) is 26.2 Å². The molecule has 0 radical (unpaired) electrons. The lowest BCUT2D eigenvalue weighted by molar-refractivity contribution is -0.137. The average Bonchev–Trinajstić information content (AvgIpc) is 2.93. The summed E-state index contributed by atoms with van der Waals surface area (Å²) >= 11 is 1.48. The highest BCUT2D eigenvalue weighted by Crippen LogP contribution is 2.36. The Morgan fingerprint density at radius 2 is 1.61 bits per heavy atom. The summed E-state index contributed by atoms with van der Waals surface area (Å²) in [5, 5.41) is 17.3. The molecule has 1 saturated heterocycles. The molecule has 1 aliphatic heterocycles. The molecule has 124 valence electrons. The fraction of sp³-hybridized carbons (Fsp3) is 0.538. The smallest absolute Gasteiger partial charge is 0.351 e. The number of aromatic nitrogens is 4. The number of rotatable bonds is 2. The van der Waals surface area contributed by atoms with E-state index in [1.807, 2.05) is 11.8 Å². The van der Waals surface area contributed by atoms with Crippen LogP contribution in [-0.4, -0.2) is 46.6 Å². The fourth-order valence-corrected chi connectivity index (χ4v) is 3.19. The van der Waals surface area contributed by atoms with Gasteiger partial charge < -0.3 is 9.80 Å². The Bertz CT molecular complexity index is 693. The molecule has 0 amide bonds. The third-order valence-corrected chi connectivity index (χ3v) is 4.47. The van der Waals surface area contributed by atoms with Crippen molar-refractivity contribution in [1.82, 2.24) is 20.4 Å². The van der Waals surface area contributed by atoms with E-state index in [1.54, 1.807) is 4.90 Å². The van der Waals surface area contributed by atoms with Gasteiger partial charge in [0.25, 0.3) is 0 Å². The van der Waals surface area contributed by atoms with Crippen LogP contribution in [0.1, 0.15) is 16.3 Å². The van der Waals surface area contributed by atoms with Crippen molar-refractivity contribution < 1.29 is 13.2 Å². The highest BCUT2D eigenvalue weighted by molar-refractivity contribution is 7.15. The first-order valence-electron chi connectivity index (χ1n) is 7.06. The molecule has 10 heteroatoms. The standard InChI is InChI=1S/C13H15F3N6S/c1-8-7-10(13(14,15)16)11(19-17-8)21-3-5-22(6-4-21)12-20-18-9(2)23-12/h7H,3-6H2,1-2H3. The zero-order valence-electron chi connectivity index (χ0n) is 12.6. The van der Waals surface area contributed by atoms with Gasteiger partial charge in [-0.3, -0.25) is 0 Å². The van der Waals surface area contributed by atoms with Crippen LogP contribution in [0.2, 0.25) is 0 Å². The summed E-state index contributed by atoms with van der Waals surface area (Å²) in [6.45, 7) is 5.37. The van der Waals surface area contributed by atoms with Gasteiger partial charge in [-0.1, -0.05) is 11.3 Å². The second kappa shape index (κ2) is 5.91. The number of nitrogens with zero attached hydrogens (tertiary/aromatic N) is 6. The SMILES string of the molecule is Cc1cc(C(F)(F)F)c(N2CCN(c3nnc(C)s3)CC2)nn1. The van der Waals surface area contributed by atoms with E-state index in [2.05, 4.69) is 20.4 Å². The van der Waals surface area contributed by atoms with Crippen molar-refractivity contribution in [3.05, 3.63) is 22.3 Å².